The van der Waals surface area contributed by atoms with Gasteiger partial charge in [-0.15, -0.1) is 24.3 Å². The van der Waals surface area contributed by atoms with Crippen LogP contribution in [0.1, 0.15) is 11.1 Å². The van der Waals surface area contributed by atoms with Crippen LogP contribution in [0.4, 0.5) is 0 Å². The summed E-state index contributed by atoms with van der Waals surface area (Å²) in [5, 5.41) is 0. The summed E-state index contributed by atoms with van der Waals surface area (Å²) in [6.45, 7) is 0. The summed E-state index contributed by atoms with van der Waals surface area (Å²) in [7, 11) is 0. The topological polar surface area (TPSA) is 42.8 Å². The minimum atomic E-state index is 0. The van der Waals surface area contributed by atoms with E-state index >= 15 is 0 Å². The molecule has 2 aromatic rings. The van der Waals surface area contributed by atoms with Gasteiger partial charge < -0.3 is 9.59 Å². The molecule has 0 bridgehead atoms. The molecule has 84 valence electrons. The summed E-state index contributed by atoms with van der Waals surface area (Å²) in [5.74, 6) is 0.0962. The van der Waals surface area contributed by atoms with E-state index in [1.807, 2.05) is 36.4 Å². The first-order valence-corrected chi connectivity index (χ1v) is 5.35. The Morgan fingerprint density at radius 1 is 0.667 bits per heavy atom. The van der Waals surface area contributed by atoms with Gasteiger partial charge in [0.05, 0.1) is 0 Å². The first-order valence-electron chi connectivity index (χ1n) is 5.35. The van der Waals surface area contributed by atoms with Crippen LogP contribution in [0.25, 0.3) is 0 Å². The van der Waals surface area contributed by atoms with Crippen molar-refractivity contribution in [3.63, 3.8) is 0 Å². The Labute approximate surface area is 126 Å². The second kappa shape index (κ2) is 7.11. The summed E-state index contributed by atoms with van der Waals surface area (Å²) >= 11 is 0. The van der Waals surface area contributed by atoms with Gasteiger partial charge >= 0.3 is 27.3 Å². The maximum Gasteiger partial charge on any atom is 3.00 e. The smallest absolute Gasteiger partial charge is 0.300 e. The van der Waals surface area contributed by atoms with Crippen molar-refractivity contribution in [2.75, 3.05) is 0 Å². The van der Waals surface area contributed by atoms with E-state index in [0.29, 0.717) is 11.1 Å². The predicted octanol–water partition coefficient (Wildman–Crippen LogP) is 2.00. The minimum Gasteiger partial charge on any atom is -0.300 e. The average Bonchev–Trinajstić information content (AvgIpc) is 2.40. The zero-order valence-electron chi connectivity index (χ0n) is 9.82. The minimum absolute atomic E-state index is 0. The Kier molecular flexibility index (Phi) is 5.78. The molecule has 2 rings (SSSR count). The number of ketones is 2. The molecule has 2 nitrogen and oxygen atoms in total. The maximum atomic E-state index is 9.83. The molecule has 0 spiro atoms. The van der Waals surface area contributed by atoms with Crippen molar-refractivity contribution < 1.29 is 9.59 Å². The zero-order chi connectivity index (χ0) is 12.1. The van der Waals surface area contributed by atoms with Gasteiger partial charge in [-0.05, 0) is 11.1 Å². The number of carbonyl (C=O) groups excluding carboxylic acids is 2. The molecule has 0 atom stereocenters. The normalized spacial score (nSPS) is 9.11. The molecule has 0 saturated carbocycles. The molecular weight excluding hydrogens is 417 g/mol. The van der Waals surface area contributed by atoms with Crippen molar-refractivity contribution in [3.05, 3.63) is 78.2 Å². The van der Waals surface area contributed by atoms with Crippen molar-refractivity contribution in [2.24, 2.45) is 0 Å². The number of benzene rings is 2. The third-order valence-corrected chi connectivity index (χ3v) is 2.41. The van der Waals surface area contributed by atoms with Gasteiger partial charge in [-0.25, -0.2) is 0 Å². The van der Waals surface area contributed by atoms with Crippen LogP contribution < -0.4 is 0 Å². The van der Waals surface area contributed by atoms with Crippen LogP contribution in [0.3, 0.4) is 0 Å². The predicted molar refractivity (Wildman–Crippen MR) is 75.0 cm³/mol. The SMILES string of the molecule is [OH+]=C([CH-]C(=[OH+])c1ccccc1)c1ccccc1.[Tl+3]. The van der Waals surface area contributed by atoms with Gasteiger partial charge in [-0.1, -0.05) is 36.4 Å². The standard InChI is InChI=1S/C15H11O2.Tl/c16-14(12-7-3-1-4-8-12)11-15(17)13-9-5-2-6-10-13;/h1-11H;/q-1;+3/p+2. The second-order valence-corrected chi connectivity index (χ2v) is 3.65. The van der Waals surface area contributed by atoms with Gasteiger partial charge in [0.2, 0.25) is 0 Å². The largest absolute Gasteiger partial charge is 3.00 e. The van der Waals surface area contributed by atoms with Crippen LogP contribution in [0.5, 0.6) is 0 Å². The summed E-state index contributed by atoms with van der Waals surface area (Å²) < 4.78 is 0. The van der Waals surface area contributed by atoms with Gasteiger partial charge in [0.25, 0.3) is 11.6 Å². The van der Waals surface area contributed by atoms with Gasteiger partial charge in [0.1, 0.15) is 0 Å². The van der Waals surface area contributed by atoms with Crippen molar-refractivity contribution >= 4 is 38.9 Å². The summed E-state index contributed by atoms with van der Waals surface area (Å²) in [5.41, 5.74) is 1.35. The molecule has 0 saturated heterocycles. The summed E-state index contributed by atoms with van der Waals surface area (Å²) in [4.78, 5) is 19.7. The molecule has 0 aliphatic carbocycles. The van der Waals surface area contributed by atoms with E-state index in [1.54, 1.807) is 24.3 Å². The first kappa shape index (κ1) is 14.6. The van der Waals surface area contributed by atoms with Crippen molar-refractivity contribution in [2.45, 2.75) is 0 Å². The molecule has 0 amide bonds. The maximum absolute atomic E-state index is 9.83. The molecule has 2 aromatic carbocycles. The fourth-order valence-corrected chi connectivity index (χ4v) is 1.51. The monoisotopic (exact) mass is 430 g/mol. The summed E-state index contributed by atoms with van der Waals surface area (Å²) in [6, 6.07) is 18.2. The zero-order valence-corrected chi connectivity index (χ0v) is 14.3. The Balaban J connectivity index is 0.00000162. The summed E-state index contributed by atoms with van der Waals surface area (Å²) in [6.07, 6.45) is 1.35. The number of hydrogen-bond acceptors (Lipinski definition) is 0. The van der Waals surface area contributed by atoms with E-state index in [-0.39, 0.29) is 38.9 Å². The van der Waals surface area contributed by atoms with Crippen molar-refractivity contribution in [1.29, 1.82) is 0 Å². The molecule has 0 radical (unpaired) electrons. The van der Waals surface area contributed by atoms with Crippen LogP contribution in [-0.4, -0.2) is 48.5 Å². The van der Waals surface area contributed by atoms with Crippen molar-refractivity contribution in [1.82, 2.24) is 0 Å². The molecular formula is C15H13O2Tl+4. The Morgan fingerprint density at radius 3 is 1.33 bits per heavy atom. The van der Waals surface area contributed by atoms with Gasteiger partial charge in [0, 0.05) is 6.42 Å². The van der Waals surface area contributed by atoms with E-state index in [2.05, 4.69) is 0 Å². The van der Waals surface area contributed by atoms with Gasteiger partial charge in [-0.2, -0.15) is 0 Å². The van der Waals surface area contributed by atoms with Gasteiger partial charge in [-0.3, -0.25) is 0 Å². The molecule has 0 heterocycles. The van der Waals surface area contributed by atoms with Crippen molar-refractivity contribution in [3.8, 4) is 0 Å². The fourth-order valence-electron chi connectivity index (χ4n) is 1.51. The molecule has 3 heteroatoms. The quantitative estimate of drug-likeness (QED) is 0.235. The molecule has 0 unspecified atom stereocenters. The first-order chi connectivity index (χ1) is 8.27. The molecule has 0 aliphatic rings. The van der Waals surface area contributed by atoms with E-state index in [4.69, 9.17) is 0 Å². The third kappa shape index (κ3) is 3.80. The molecule has 0 aromatic heterocycles. The molecule has 2 N–H and O–H groups in total. The number of hydrogen-bond donors (Lipinski definition) is 0. The van der Waals surface area contributed by atoms with Crippen LogP contribution >= 0.6 is 0 Å². The average molecular weight is 430 g/mol. The van der Waals surface area contributed by atoms with E-state index in [0.717, 1.165) is 0 Å². The van der Waals surface area contributed by atoms with Crippen LogP contribution in [0.2, 0.25) is 0 Å². The molecule has 0 aliphatic heterocycles. The Hall–Kier alpha value is -1.43. The Bertz CT molecular complexity index is 471. The third-order valence-electron chi connectivity index (χ3n) is 2.41. The van der Waals surface area contributed by atoms with E-state index in [9.17, 15) is 9.59 Å². The molecule has 18 heavy (non-hydrogen) atoms. The van der Waals surface area contributed by atoms with Crippen LogP contribution in [0, 0.1) is 6.42 Å². The van der Waals surface area contributed by atoms with E-state index in [1.165, 1.54) is 6.42 Å². The molecule has 0 fully saturated rings. The number of rotatable bonds is 4. The van der Waals surface area contributed by atoms with Crippen LogP contribution in [0.15, 0.2) is 60.7 Å². The fraction of sp³-hybridized carbons (Fsp3) is 0. The Morgan fingerprint density at radius 2 is 1.00 bits per heavy atom. The van der Waals surface area contributed by atoms with Crippen LogP contribution in [-0.2, 0) is 0 Å². The second-order valence-electron chi connectivity index (χ2n) is 3.65. The van der Waals surface area contributed by atoms with E-state index < -0.39 is 0 Å². The van der Waals surface area contributed by atoms with Gasteiger partial charge in [0.15, 0.2) is 0 Å².